The Balaban J connectivity index is 1.99. The fourth-order valence-electron chi connectivity index (χ4n) is 2.63. The molecule has 1 atom stereocenters. The highest BCUT2D eigenvalue weighted by molar-refractivity contribution is 8.00. The molecule has 0 aliphatic rings. The molecule has 0 spiro atoms. The summed E-state index contributed by atoms with van der Waals surface area (Å²) in [5.41, 5.74) is 7.70. The van der Waals surface area contributed by atoms with Crippen molar-refractivity contribution in [2.75, 3.05) is 0 Å². The smallest absolute Gasteiger partial charge is 0.230 e. The predicted molar refractivity (Wildman–Crippen MR) is 106 cm³/mol. The van der Waals surface area contributed by atoms with Crippen LogP contribution in [-0.2, 0) is 16.8 Å². The lowest BCUT2D eigenvalue weighted by molar-refractivity contribution is -0.117. The molecule has 0 aliphatic heterocycles. The normalized spacial score (nSPS) is 12.9. The number of carbonyl (C=O) groups is 1. The van der Waals surface area contributed by atoms with Gasteiger partial charge in [-0.25, -0.2) is 0 Å². The van der Waals surface area contributed by atoms with Gasteiger partial charge in [0, 0.05) is 5.56 Å². The summed E-state index contributed by atoms with van der Waals surface area (Å²) >= 11 is 1.30. The zero-order valence-corrected chi connectivity index (χ0v) is 16.8. The lowest BCUT2D eigenvalue weighted by Gasteiger charge is -2.19. The molecule has 0 aliphatic carbocycles. The van der Waals surface area contributed by atoms with Crippen LogP contribution in [0, 0.1) is 0 Å². The minimum atomic E-state index is -0.402. The van der Waals surface area contributed by atoms with Crippen LogP contribution in [0.1, 0.15) is 39.0 Å². The van der Waals surface area contributed by atoms with Crippen molar-refractivity contribution in [3.8, 4) is 11.4 Å². The van der Waals surface area contributed by atoms with E-state index in [0.717, 1.165) is 17.1 Å². The Morgan fingerprint density at radius 1 is 1.22 bits per heavy atom. The van der Waals surface area contributed by atoms with Gasteiger partial charge in [0.05, 0.1) is 18.1 Å². The maximum atomic E-state index is 11.5. The highest BCUT2D eigenvalue weighted by Gasteiger charge is 2.21. The second-order valence-corrected chi connectivity index (χ2v) is 8.77. The maximum Gasteiger partial charge on any atom is 0.230 e. The van der Waals surface area contributed by atoms with Crippen LogP contribution in [0.25, 0.3) is 11.4 Å². The van der Waals surface area contributed by atoms with Crippen molar-refractivity contribution >= 4 is 17.7 Å². The van der Waals surface area contributed by atoms with Gasteiger partial charge in [-0.3, -0.25) is 9.36 Å². The number of nitrogens with two attached hydrogens (primary N) is 1. The third-order valence-corrected chi connectivity index (χ3v) is 5.40. The van der Waals surface area contributed by atoms with E-state index >= 15 is 0 Å². The molecule has 0 saturated heterocycles. The summed E-state index contributed by atoms with van der Waals surface area (Å²) in [5, 5.41) is 8.89. The molecule has 1 amide bonds. The van der Waals surface area contributed by atoms with Crippen LogP contribution < -0.4 is 5.73 Å². The predicted octanol–water partition coefficient (Wildman–Crippen LogP) is 3.85. The third-order valence-electron chi connectivity index (χ3n) is 4.30. The van der Waals surface area contributed by atoms with Gasteiger partial charge in [-0.05, 0) is 30.0 Å². The minimum absolute atomic E-state index is 0.0816. The van der Waals surface area contributed by atoms with Gasteiger partial charge in [0.1, 0.15) is 5.76 Å². The second kappa shape index (κ2) is 7.60. The summed E-state index contributed by atoms with van der Waals surface area (Å²) in [6.45, 7) is 8.78. The molecule has 27 heavy (non-hydrogen) atoms. The van der Waals surface area contributed by atoms with Crippen molar-refractivity contribution in [3.63, 3.8) is 0 Å². The highest BCUT2D eigenvalue weighted by Crippen LogP contribution is 2.29. The summed E-state index contributed by atoms with van der Waals surface area (Å²) in [4.78, 5) is 11.5. The van der Waals surface area contributed by atoms with Crippen molar-refractivity contribution in [1.29, 1.82) is 0 Å². The van der Waals surface area contributed by atoms with Crippen LogP contribution in [0.2, 0.25) is 0 Å². The van der Waals surface area contributed by atoms with E-state index < -0.39 is 5.25 Å². The third kappa shape index (κ3) is 4.42. The first-order chi connectivity index (χ1) is 12.8. The molecule has 0 fully saturated rings. The SMILES string of the molecule is C[C@H](Sc1nnc(-c2ccc(C(C)(C)C)cc2)n1Cc1ccco1)C(N)=O. The largest absolute Gasteiger partial charge is 0.467 e. The standard InChI is InChI=1S/C20H24N4O2S/c1-13(17(21)25)27-19-23-22-18(24(19)12-16-6-5-11-26-16)14-7-9-15(10-8-14)20(2,3)4/h5-11,13H,12H2,1-4H3,(H2,21,25)/t13-/m0/s1. The molecule has 7 heteroatoms. The van der Waals surface area contributed by atoms with Crippen LogP contribution in [0.3, 0.4) is 0 Å². The highest BCUT2D eigenvalue weighted by atomic mass is 32.2. The van der Waals surface area contributed by atoms with Crippen LogP contribution in [0.4, 0.5) is 0 Å². The number of amides is 1. The Hall–Kier alpha value is -2.54. The number of benzene rings is 1. The lowest BCUT2D eigenvalue weighted by Crippen LogP contribution is -2.23. The number of hydrogen-bond acceptors (Lipinski definition) is 5. The first kappa shape index (κ1) is 19.2. The van der Waals surface area contributed by atoms with E-state index in [1.165, 1.54) is 17.3 Å². The van der Waals surface area contributed by atoms with E-state index in [1.54, 1.807) is 13.2 Å². The number of primary amides is 1. The first-order valence-electron chi connectivity index (χ1n) is 8.78. The fourth-order valence-corrected chi connectivity index (χ4v) is 3.42. The summed E-state index contributed by atoms with van der Waals surface area (Å²) in [6.07, 6.45) is 1.64. The zero-order valence-electron chi connectivity index (χ0n) is 16.0. The molecule has 0 bridgehead atoms. The van der Waals surface area contributed by atoms with Crippen LogP contribution in [-0.4, -0.2) is 25.9 Å². The van der Waals surface area contributed by atoms with Gasteiger partial charge < -0.3 is 10.2 Å². The number of thioether (sulfide) groups is 1. The maximum absolute atomic E-state index is 11.5. The number of nitrogens with zero attached hydrogens (tertiary/aromatic N) is 3. The van der Waals surface area contributed by atoms with E-state index in [9.17, 15) is 4.79 Å². The fraction of sp³-hybridized carbons (Fsp3) is 0.350. The van der Waals surface area contributed by atoms with Gasteiger partial charge in [0.25, 0.3) is 0 Å². The molecule has 2 aromatic heterocycles. The Kier molecular flexibility index (Phi) is 5.41. The number of carbonyl (C=O) groups excluding carboxylic acids is 1. The molecule has 3 aromatic rings. The molecule has 3 rings (SSSR count). The number of aromatic nitrogens is 3. The van der Waals surface area contributed by atoms with E-state index in [-0.39, 0.29) is 11.3 Å². The van der Waals surface area contributed by atoms with Crippen molar-refractivity contribution in [1.82, 2.24) is 14.8 Å². The van der Waals surface area contributed by atoms with E-state index in [0.29, 0.717) is 11.7 Å². The van der Waals surface area contributed by atoms with Gasteiger partial charge in [-0.15, -0.1) is 10.2 Å². The van der Waals surface area contributed by atoms with E-state index in [4.69, 9.17) is 10.2 Å². The molecule has 2 heterocycles. The second-order valence-electron chi connectivity index (χ2n) is 7.46. The topological polar surface area (TPSA) is 86.9 Å². The summed E-state index contributed by atoms with van der Waals surface area (Å²) in [6, 6.07) is 12.1. The van der Waals surface area contributed by atoms with Crippen LogP contribution in [0.15, 0.2) is 52.2 Å². The molecule has 142 valence electrons. The quantitative estimate of drug-likeness (QED) is 0.652. The van der Waals surface area contributed by atoms with Crippen molar-refractivity contribution in [2.24, 2.45) is 5.73 Å². The molecular formula is C20H24N4O2S. The Bertz CT molecular complexity index is 909. The Labute approximate surface area is 163 Å². The number of hydrogen-bond donors (Lipinski definition) is 1. The van der Waals surface area contributed by atoms with Crippen LogP contribution >= 0.6 is 11.8 Å². The summed E-state index contributed by atoms with van der Waals surface area (Å²) < 4.78 is 7.45. The number of rotatable bonds is 6. The van der Waals surface area contributed by atoms with Crippen LogP contribution in [0.5, 0.6) is 0 Å². The first-order valence-corrected chi connectivity index (χ1v) is 9.66. The summed E-state index contributed by atoms with van der Waals surface area (Å²) in [7, 11) is 0. The zero-order chi connectivity index (χ0) is 19.6. The van der Waals surface area contributed by atoms with E-state index in [1.807, 2.05) is 16.7 Å². The van der Waals surface area contributed by atoms with Gasteiger partial charge in [0.15, 0.2) is 11.0 Å². The van der Waals surface area contributed by atoms with Gasteiger partial charge in [-0.1, -0.05) is 56.8 Å². The van der Waals surface area contributed by atoms with Crippen molar-refractivity contribution in [3.05, 3.63) is 54.0 Å². The monoisotopic (exact) mass is 384 g/mol. The number of furan rings is 1. The minimum Gasteiger partial charge on any atom is -0.467 e. The average molecular weight is 385 g/mol. The lowest BCUT2D eigenvalue weighted by atomic mass is 9.87. The van der Waals surface area contributed by atoms with Gasteiger partial charge in [-0.2, -0.15) is 0 Å². The Morgan fingerprint density at radius 3 is 2.48 bits per heavy atom. The molecule has 0 unspecified atom stereocenters. The van der Waals surface area contributed by atoms with Gasteiger partial charge >= 0.3 is 0 Å². The molecule has 0 radical (unpaired) electrons. The molecule has 1 aromatic carbocycles. The Morgan fingerprint density at radius 2 is 1.93 bits per heavy atom. The van der Waals surface area contributed by atoms with E-state index in [2.05, 4.69) is 55.2 Å². The average Bonchev–Trinajstić information content (AvgIpc) is 3.25. The molecular weight excluding hydrogens is 360 g/mol. The molecule has 6 nitrogen and oxygen atoms in total. The molecule has 0 saturated carbocycles. The van der Waals surface area contributed by atoms with Crippen molar-refractivity contribution in [2.45, 2.75) is 50.1 Å². The molecule has 2 N–H and O–H groups in total. The summed E-state index contributed by atoms with van der Waals surface area (Å²) in [5.74, 6) is 1.13. The van der Waals surface area contributed by atoms with Gasteiger partial charge in [0.2, 0.25) is 5.91 Å². The van der Waals surface area contributed by atoms with Crippen molar-refractivity contribution < 1.29 is 9.21 Å².